The number of hydrogen-bond acceptors (Lipinski definition) is 9. The smallest absolute Gasteiger partial charge is 0.744 e. The zero-order valence-electron chi connectivity index (χ0n) is 16.8. The topological polar surface area (TPSA) is 191 Å². The van der Waals surface area contributed by atoms with Crippen molar-refractivity contribution < 1.29 is 133 Å². The van der Waals surface area contributed by atoms with E-state index in [1.807, 2.05) is 0 Å². The maximum Gasteiger partial charge on any atom is 1.00 e. The van der Waals surface area contributed by atoms with Gasteiger partial charge in [0, 0.05) is 38.4 Å². The molecule has 0 saturated heterocycles. The molecule has 4 aromatic carbocycles. The van der Waals surface area contributed by atoms with Gasteiger partial charge in [-0.15, -0.1) is 0 Å². The van der Waals surface area contributed by atoms with E-state index in [-0.39, 0.29) is 121 Å². The van der Waals surface area contributed by atoms with Crippen molar-refractivity contribution in [3.05, 3.63) is 36.4 Å². The van der Waals surface area contributed by atoms with Crippen LogP contribution in [-0.4, -0.2) is 38.9 Å². The van der Waals surface area contributed by atoms with Crippen molar-refractivity contribution >= 4 is 62.7 Å². The molecule has 4 rings (SSSR count). The fourth-order valence-corrected chi connectivity index (χ4v) is 5.66. The van der Waals surface area contributed by atoms with Crippen molar-refractivity contribution in [2.24, 2.45) is 0 Å². The van der Waals surface area contributed by atoms with Gasteiger partial charge in [-0.2, -0.15) is 0 Å². The van der Waals surface area contributed by atoms with Gasteiger partial charge in [0.1, 0.15) is 30.4 Å². The molecule has 0 saturated carbocycles. The van der Waals surface area contributed by atoms with Crippen LogP contribution in [0, 0.1) is 0 Å². The van der Waals surface area contributed by atoms with Gasteiger partial charge in [-0.05, 0) is 12.1 Å². The summed E-state index contributed by atoms with van der Waals surface area (Å²) >= 11 is 0. The molecule has 0 unspecified atom stereocenters. The average Bonchev–Trinajstić information content (AvgIpc) is 2.57. The van der Waals surface area contributed by atoms with Crippen LogP contribution in [0.5, 0.6) is 5.75 Å². The van der Waals surface area contributed by atoms with E-state index < -0.39 is 50.8 Å². The molecule has 1 radical (unpaired) electrons. The maximum absolute atomic E-state index is 12.4. The minimum atomic E-state index is -5.27. The molecule has 0 amide bonds. The van der Waals surface area contributed by atoms with E-state index in [1.165, 1.54) is 0 Å². The third-order valence-corrected chi connectivity index (χ3v) is 7.18. The van der Waals surface area contributed by atoms with Gasteiger partial charge in [0.15, 0.2) is 5.75 Å². The second-order valence-electron chi connectivity index (χ2n) is 6.18. The van der Waals surface area contributed by atoms with Gasteiger partial charge in [-0.25, -0.2) is 25.3 Å². The summed E-state index contributed by atoms with van der Waals surface area (Å²) in [4.78, 5) is -2.96. The Labute approximate surface area is 248 Å². The molecule has 0 heterocycles. The predicted molar refractivity (Wildman–Crippen MR) is 94.2 cm³/mol. The Morgan fingerprint density at radius 1 is 0.500 bits per heavy atom. The first-order valence-electron chi connectivity index (χ1n) is 7.54. The molecule has 10 nitrogen and oxygen atoms in total. The monoisotopic (exact) mass is 523 g/mol. The number of benzene rings is 4. The number of hydrogen-bond donors (Lipinski definition) is 0. The summed E-state index contributed by atoms with van der Waals surface area (Å²) in [6.45, 7) is 0. The third-order valence-electron chi connectivity index (χ3n) is 4.55. The van der Waals surface area contributed by atoms with E-state index in [2.05, 4.69) is 0 Å². The van der Waals surface area contributed by atoms with Crippen molar-refractivity contribution in [1.29, 1.82) is 0 Å². The molecular formula is C16H6Na3O10S3. The molecule has 0 fully saturated rings. The van der Waals surface area contributed by atoms with Gasteiger partial charge >= 0.3 is 88.7 Å². The first-order valence-corrected chi connectivity index (χ1v) is 11.8. The van der Waals surface area contributed by atoms with Gasteiger partial charge in [-0.1, -0.05) is 18.2 Å². The van der Waals surface area contributed by atoms with E-state index in [1.54, 1.807) is 0 Å². The van der Waals surface area contributed by atoms with Crippen LogP contribution in [0.2, 0.25) is 0 Å². The van der Waals surface area contributed by atoms with Crippen molar-refractivity contribution in [2.75, 3.05) is 0 Å². The molecule has 0 aliphatic heterocycles. The summed E-state index contributed by atoms with van der Waals surface area (Å²) < 4.78 is 105. The van der Waals surface area contributed by atoms with Crippen LogP contribution in [0.1, 0.15) is 0 Å². The van der Waals surface area contributed by atoms with E-state index in [9.17, 15) is 44.0 Å². The second kappa shape index (κ2) is 9.84. The largest absolute Gasteiger partial charge is 1.00 e. The van der Waals surface area contributed by atoms with Crippen molar-refractivity contribution in [2.45, 2.75) is 14.7 Å². The summed E-state index contributed by atoms with van der Waals surface area (Å²) in [5, 5.41) is 10.8. The van der Waals surface area contributed by atoms with Gasteiger partial charge in [-0.3, -0.25) is 5.11 Å². The normalized spacial score (nSPS) is 12.3. The zero-order chi connectivity index (χ0) is 21.5. The van der Waals surface area contributed by atoms with Crippen molar-refractivity contribution in [1.82, 2.24) is 0 Å². The summed E-state index contributed by atoms with van der Waals surface area (Å²) in [7, 11) is -15.7. The molecule has 0 bridgehead atoms. The first kappa shape index (κ1) is 30.5. The van der Waals surface area contributed by atoms with Gasteiger partial charge in [0.2, 0.25) is 0 Å². The minimum absolute atomic E-state index is 0. The standard InChI is InChI=1S/C16H9O10S3.3Na/c17-11-5-12(27(18,19)20)8-3-4-10-14(29(24,25)26)6-13(28(21,22)23)9-2-1-7(11)15(8)16(9)10;;;/h1-6H,(H,18,19,20)(H,21,22,23)(H,24,25,26);;;/q;3*+1/p-3. The second-order valence-corrected chi connectivity index (χ2v) is 10.2. The van der Waals surface area contributed by atoms with Crippen LogP contribution in [0.25, 0.3) is 32.3 Å². The van der Waals surface area contributed by atoms with E-state index in [0.29, 0.717) is 12.1 Å². The predicted octanol–water partition coefficient (Wildman–Crippen LogP) is -7.55. The van der Waals surface area contributed by atoms with Gasteiger partial charge in [0.05, 0.1) is 14.7 Å². The van der Waals surface area contributed by atoms with Gasteiger partial charge in [0.25, 0.3) is 0 Å². The van der Waals surface area contributed by atoms with Crippen molar-refractivity contribution in [3.63, 3.8) is 0 Å². The Balaban J connectivity index is 0.00000171. The molecule has 0 aromatic heterocycles. The fraction of sp³-hybridized carbons (Fsp3) is 0. The Bertz CT molecular complexity index is 1630. The Hall–Kier alpha value is 0.450. The fourth-order valence-electron chi connectivity index (χ4n) is 3.49. The molecule has 0 N–H and O–H groups in total. The van der Waals surface area contributed by atoms with E-state index >= 15 is 0 Å². The van der Waals surface area contributed by atoms with E-state index in [0.717, 1.165) is 24.3 Å². The quantitative estimate of drug-likeness (QED) is 0.143. The molecule has 0 aliphatic rings. The van der Waals surface area contributed by atoms with Crippen LogP contribution in [-0.2, 0) is 35.5 Å². The first-order chi connectivity index (χ1) is 13.2. The SMILES string of the molecule is [Na+].[Na+].[Na+].[O]c1cc(S(=O)(=O)[O-])c2ccc3c(S(=O)(=O)[O-])cc(S(=O)(=O)[O-])c4ccc1c2c43. The number of rotatable bonds is 3. The molecule has 0 spiro atoms. The summed E-state index contributed by atoms with van der Waals surface area (Å²) in [5.74, 6) is -0.900. The summed E-state index contributed by atoms with van der Waals surface area (Å²) in [5.41, 5.74) is 0. The molecule has 0 aliphatic carbocycles. The molecule has 0 atom stereocenters. The van der Waals surface area contributed by atoms with E-state index in [4.69, 9.17) is 0 Å². The molecule has 4 aromatic rings. The Morgan fingerprint density at radius 2 is 0.781 bits per heavy atom. The minimum Gasteiger partial charge on any atom is -0.744 e. The molecular weight excluding hydrogens is 517 g/mol. The average molecular weight is 523 g/mol. The van der Waals surface area contributed by atoms with Crippen LogP contribution in [0.4, 0.5) is 0 Å². The van der Waals surface area contributed by atoms with Crippen LogP contribution >= 0.6 is 0 Å². The zero-order valence-corrected chi connectivity index (χ0v) is 25.2. The summed E-state index contributed by atoms with van der Waals surface area (Å²) in [6, 6.07) is 5.26. The van der Waals surface area contributed by atoms with Gasteiger partial charge < -0.3 is 13.7 Å². The Kier molecular flexibility index (Phi) is 9.37. The van der Waals surface area contributed by atoms with Crippen molar-refractivity contribution in [3.8, 4) is 5.75 Å². The molecule has 16 heteroatoms. The maximum atomic E-state index is 12.4. The Morgan fingerprint density at radius 3 is 1.12 bits per heavy atom. The third kappa shape index (κ3) is 5.03. The molecule has 151 valence electrons. The van der Waals surface area contributed by atoms with Crippen LogP contribution < -0.4 is 88.7 Å². The van der Waals surface area contributed by atoms with Crippen LogP contribution in [0.15, 0.2) is 51.1 Å². The molecule has 32 heavy (non-hydrogen) atoms. The summed E-state index contributed by atoms with van der Waals surface area (Å²) in [6.07, 6.45) is 0. The van der Waals surface area contributed by atoms with Crippen LogP contribution in [0.3, 0.4) is 0 Å².